The zero-order chi connectivity index (χ0) is 17.1. The van der Waals surface area contributed by atoms with Gasteiger partial charge in [0.25, 0.3) is 0 Å². The molecule has 0 aliphatic carbocycles. The molecule has 0 aliphatic rings. The first kappa shape index (κ1) is 15.1. The second kappa shape index (κ2) is 6.60. The summed E-state index contributed by atoms with van der Waals surface area (Å²) in [6, 6.07) is 13.1. The smallest absolute Gasteiger partial charge is 0.228 e. The molecule has 3 heterocycles. The Morgan fingerprint density at radius 1 is 1.08 bits per heavy atom. The molecule has 6 heteroatoms. The molecule has 0 fully saturated rings. The fourth-order valence-corrected chi connectivity index (χ4v) is 2.41. The Labute approximate surface area is 144 Å². The summed E-state index contributed by atoms with van der Waals surface area (Å²) in [5.41, 5.74) is 3.34. The Balaban J connectivity index is 1.52. The van der Waals surface area contributed by atoms with E-state index in [-0.39, 0.29) is 0 Å². The van der Waals surface area contributed by atoms with Crippen molar-refractivity contribution in [3.05, 3.63) is 66.6 Å². The molecule has 0 spiro atoms. The number of hydrogen-bond donors (Lipinski definition) is 0. The average molecular weight is 333 g/mol. The van der Waals surface area contributed by atoms with Gasteiger partial charge >= 0.3 is 0 Å². The fourth-order valence-electron chi connectivity index (χ4n) is 2.41. The molecule has 0 radical (unpaired) electrons. The van der Waals surface area contributed by atoms with Crippen molar-refractivity contribution in [3.8, 4) is 23.1 Å². The van der Waals surface area contributed by atoms with Gasteiger partial charge in [-0.3, -0.25) is 4.98 Å². The number of methoxy groups -OCH3 is 1. The Bertz CT molecular complexity index is 982. The van der Waals surface area contributed by atoms with E-state index in [9.17, 15) is 0 Å². The fraction of sp³-hybridized carbons (Fsp3) is 0.105. The highest BCUT2D eigenvalue weighted by Crippen LogP contribution is 2.24. The summed E-state index contributed by atoms with van der Waals surface area (Å²) in [5, 5.41) is 0. The molecule has 0 saturated heterocycles. The van der Waals surface area contributed by atoms with Gasteiger partial charge in [0.1, 0.15) is 17.9 Å². The summed E-state index contributed by atoms with van der Waals surface area (Å²) >= 11 is 0. The lowest BCUT2D eigenvalue weighted by atomic mass is 10.2. The lowest BCUT2D eigenvalue weighted by molar-refractivity contribution is 0.292. The highest BCUT2D eigenvalue weighted by Gasteiger charge is 2.09. The minimum Gasteiger partial charge on any atom is -0.495 e. The molecule has 0 N–H and O–H groups in total. The van der Waals surface area contributed by atoms with Crippen molar-refractivity contribution in [2.75, 3.05) is 7.11 Å². The van der Waals surface area contributed by atoms with Gasteiger partial charge in [0.2, 0.25) is 11.8 Å². The van der Waals surface area contributed by atoms with Crippen LogP contribution in [0.4, 0.5) is 0 Å². The highest BCUT2D eigenvalue weighted by molar-refractivity contribution is 5.76. The number of nitrogens with zero attached hydrogens (tertiary/aromatic N) is 3. The van der Waals surface area contributed by atoms with Crippen LogP contribution in [0, 0.1) is 0 Å². The maximum absolute atomic E-state index is 5.78. The molecule has 0 unspecified atom stereocenters. The van der Waals surface area contributed by atoms with Crippen molar-refractivity contribution in [2.24, 2.45) is 0 Å². The number of benzene rings is 1. The quantitative estimate of drug-likeness (QED) is 0.552. The van der Waals surface area contributed by atoms with Crippen molar-refractivity contribution in [1.29, 1.82) is 0 Å². The largest absolute Gasteiger partial charge is 0.495 e. The second-order valence-corrected chi connectivity index (χ2v) is 5.39. The first-order valence-electron chi connectivity index (χ1n) is 7.74. The van der Waals surface area contributed by atoms with E-state index in [1.165, 1.54) is 0 Å². The van der Waals surface area contributed by atoms with E-state index in [0.717, 1.165) is 22.2 Å². The number of hydrogen-bond acceptors (Lipinski definition) is 6. The van der Waals surface area contributed by atoms with Crippen molar-refractivity contribution < 1.29 is 13.9 Å². The zero-order valence-electron chi connectivity index (χ0n) is 13.5. The van der Waals surface area contributed by atoms with Gasteiger partial charge in [-0.05, 0) is 35.9 Å². The van der Waals surface area contributed by atoms with Crippen molar-refractivity contribution >= 4 is 11.1 Å². The maximum Gasteiger partial charge on any atom is 0.228 e. The number of fused-ring (bicyclic) bond motifs is 1. The van der Waals surface area contributed by atoms with Crippen LogP contribution in [0.25, 0.3) is 22.6 Å². The van der Waals surface area contributed by atoms with E-state index < -0.39 is 0 Å². The molecule has 6 nitrogen and oxygen atoms in total. The van der Waals surface area contributed by atoms with Crippen LogP contribution in [0.5, 0.6) is 11.6 Å². The van der Waals surface area contributed by atoms with Crippen LogP contribution in [0.2, 0.25) is 0 Å². The van der Waals surface area contributed by atoms with E-state index in [4.69, 9.17) is 13.9 Å². The summed E-state index contributed by atoms with van der Waals surface area (Å²) < 4.78 is 16.6. The molecule has 124 valence electrons. The third kappa shape index (κ3) is 3.28. The predicted octanol–water partition coefficient (Wildman–Crippen LogP) is 3.87. The van der Waals surface area contributed by atoms with Gasteiger partial charge < -0.3 is 13.9 Å². The Kier molecular flexibility index (Phi) is 4.00. The van der Waals surface area contributed by atoms with Gasteiger partial charge in [-0.1, -0.05) is 6.07 Å². The van der Waals surface area contributed by atoms with Crippen LogP contribution >= 0.6 is 0 Å². The molecule has 3 aromatic heterocycles. The first-order valence-corrected chi connectivity index (χ1v) is 7.74. The lowest BCUT2D eigenvalue weighted by Crippen LogP contribution is -1.97. The molecule has 4 aromatic rings. The molecule has 0 saturated carbocycles. The van der Waals surface area contributed by atoms with Crippen LogP contribution in [0.3, 0.4) is 0 Å². The zero-order valence-corrected chi connectivity index (χ0v) is 13.5. The third-order valence-electron chi connectivity index (χ3n) is 3.69. The summed E-state index contributed by atoms with van der Waals surface area (Å²) in [4.78, 5) is 12.8. The topological polar surface area (TPSA) is 70.3 Å². The third-order valence-corrected chi connectivity index (χ3v) is 3.69. The molecule has 0 aliphatic heterocycles. The molecule has 0 bridgehead atoms. The van der Waals surface area contributed by atoms with Crippen molar-refractivity contribution in [3.63, 3.8) is 0 Å². The molecule has 25 heavy (non-hydrogen) atoms. The maximum atomic E-state index is 5.78. The van der Waals surface area contributed by atoms with Crippen LogP contribution in [-0.2, 0) is 6.61 Å². The summed E-state index contributed by atoms with van der Waals surface area (Å²) in [5.74, 6) is 1.79. The molecule has 0 atom stereocenters. The number of rotatable bonds is 5. The lowest BCUT2D eigenvalue weighted by Gasteiger charge is -2.05. The summed E-state index contributed by atoms with van der Waals surface area (Å²) in [6.45, 7) is 0.393. The Morgan fingerprint density at radius 2 is 2.04 bits per heavy atom. The molecule has 1 aromatic carbocycles. The summed E-state index contributed by atoms with van der Waals surface area (Å²) in [7, 11) is 1.60. The number of aromatic nitrogens is 3. The van der Waals surface area contributed by atoms with Crippen LogP contribution in [-0.4, -0.2) is 22.1 Å². The minimum absolute atomic E-state index is 0.393. The predicted molar refractivity (Wildman–Crippen MR) is 92.4 cm³/mol. The van der Waals surface area contributed by atoms with Gasteiger partial charge in [-0.25, -0.2) is 9.97 Å². The van der Waals surface area contributed by atoms with Crippen LogP contribution in [0.1, 0.15) is 5.56 Å². The standard InChI is InChI=1S/C19H15N3O3/c1-23-15-5-7-18(21-11-15)24-12-13-4-6-17-16(9-13)22-19(25-17)14-3-2-8-20-10-14/h2-11H,12H2,1H3. The van der Waals surface area contributed by atoms with Gasteiger partial charge in [0.05, 0.1) is 18.9 Å². The van der Waals surface area contributed by atoms with Gasteiger partial charge in [0.15, 0.2) is 5.58 Å². The Hall–Kier alpha value is -3.41. The SMILES string of the molecule is COc1ccc(OCc2ccc3oc(-c4cccnc4)nc3c2)nc1. The normalized spacial score (nSPS) is 10.8. The monoisotopic (exact) mass is 333 g/mol. The van der Waals surface area contributed by atoms with E-state index >= 15 is 0 Å². The average Bonchev–Trinajstić information content (AvgIpc) is 3.11. The van der Waals surface area contributed by atoms with Crippen LogP contribution in [0.15, 0.2) is 65.5 Å². The summed E-state index contributed by atoms with van der Waals surface area (Å²) in [6.07, 6.45) is 5.06. The molecule has 4 rings (SSSR count). The van der Waals surface area contributed by atoms with Crippen molar-refractivity contribution in [2.45, 2.75) is 6.61 Å². The van der Waals surface area contributed by atoms with E-state index in [1.807, 2.05) is 36.4 Å². The number of ether oxygens (including phenoxy) is 2. The van der Waals surface area contributed by atoms with E-state index in [2.05, 4.69) is 15.0 Å². The van der Waals surface area contributed by atoms with Gasteiger partial charge in [-0.2, -0.15) is 0 Å². The van der Waals surface area contributed by atoms with E-state index in [0.29, 0.717) is 24.1 Å². The van der Waals surface area contributed by atoms with Crippen molar-refractivity contribution in [1.82, 2.24) is 15.0 Å². The first-order chi connectivity index (χ1) is 12.3. The van der Waals surface area contributed by atoms with Gasteiger partial charge in [0, 0.05) is 18.5 Å². The van der Waals surface area contributed by atoms with Crippen LogP contribution < -0.4 is 9.47 Å². The van der Waals surface area contributed by atoms with E-state index in [1.54, 1.807) is 31.8 Å². The number of pyridine rings is 2. The second-order valence-electron chi connectivity index (χ2n) is 5.39. The highest BCUT2D eigenvalue weighted by atomic mass is 16.5. The molecule has 0 amide bonds. The van der Waals surface area contributed by atoms with Gasteiger partial charge in [-0.15, -0.1) is 0 Å². The molecular weight excluding hydrogens is 318 g/mol. The molecular formula is C19H15N3O3. The number of oxazole rings is 1. The Morgan fingerprint density at radius 3 is 2.80 bits per heavy atom. The minimum atomic E-state index is 0.393.